The first-order chi connectivity index (χ1) is 10.9. The Hall–Kier alpha value is -2.05. The number of rotatable bonds is 7. The zero-order valence-corrected chi connectivity index (χ0v) is 14.0. The van der Waals surface area contributed by atoms with E-state index in [1.165, 1.54) is 6.08 Å². The lowest BCUT2D eigenvalue weighted by Gasteiger charge is -2.17. The van der Waals surface area contributed by atoms with E-state index in [1.807, 2.05) is 6.92 Å². The van der Waals surface area contributed by atoms with Crippen molar-refractivity contribution in [3.63, 3.8) is 0 Å². The van der Waals surface area contributed by atoms with Gasteiger partial charge in [0.1, 0.15) is 0 Å². The third-order valence-electron chi connectivity index (χ3n) is 3.14. The lowest BCUT2D eigenvalue weighted by molar-refractivity contribution is 0.215. The number of aliphatic hydroxyl groups is 1. The number of terminal acetylenes is 1. The molecule has 1 atom stereocenters. The van der Waals surface area contributed by atoms with Gasteiger partial charge in [0.2, 0.25) is 10.0 Å². The fraction of sp³-hybridized carbons (Fsp3) is 0.333. The second-order valence-electron chi connectivity index (χ2n) is 4.99. The summed E-state index contributed by atoms with van der Waals surface area (Å²) in [5.41, 5.74) is 0.980. The molecule has 4 nitrogen and oxygen atoms in total. The summed E-state index contributed by atoms with van der Waals surface area (Å²) in [5.74, 6) is 7.98. The van der Waals surface area contributed by atoms with Crippen molar-refractivity contribution in [2.45, 2.75) is 30.8 Å². The van der Waals surface area contributed by atoms with Gasteiger partial charge in [-0.05, 0) is 25.5 Å². The molecule has 1 aromatic carbocycles. The highest BCUT2D eigenvalue weighted by atomic mass is 32.2. The van der Waals surface area contributed by atoms with Crippen LogP contribution in [0.15, 0.2) is 41.8 Å². The Morgan fingerprint density at radius 1 is 1.30 bits per heavy atom. The zero-order valence-electron chi connectivity index (χ0n) is 13.2. The van der Waals surface area contributed by atoms with E-state index in [2.05, 4.69) is 24.3 Å². The van der Waals surface area contributed by atoms with Crippen LogP contribution in [0.5, 0.6) is 0 Å². The summed E-state index contributed by atoms with van der Waals surface area (Å²) < 4.78 is 26.3. The average molecular weight is 331 g/mol. The normalized spacial score (nSPS) is 12.1. The van der Waals surface area contributed by atoms with Crippen LogP contribution >= 0.6 is 0 Å². The highest BCUT2D eigenvalue weighted by molar-refractivity contribution is 7.89. The molecule has 23 heavy (non-hydrogen) atoms. The van der Waals surface area contributed by atoms with E-state index >= 15 is 0 Å². The van der Waals surface area contributed by atoms with E-state index in [0.717, 1.165) is 9.87 Å². The third-order valence-corrected chi connectivity index (χ3v) is 4.95. The van der Waals surface area contributed by atoms with Crippen LogP contribution in [0.1, 0.15) is 18.4 Å². The molecule has 0 aliphatic carbocycles. The van der Waals surface area contributed by atoms with Crippen LogP contribution in [0.2, 0.25) is 0 Å². The minimum absolute atomic E-state index is 0.0184. The second kappa shape index (κ2) is 9.17. The Morgan fingerprint density at radius 3 is 2.52 bits per heavy atom. The van der Waals surface area contributed by atoms with Crippen LogP contribution in [0.3, 0.4) is 0 Å². The molecule has 0 spiro atoms. The summed E-state index contributed by atoms with van der Waals surface area (Å²) in [7, 11) is -3.67. The summed E-state index contributed by atoms with van der Waals surface area (Å²) in [5, 5.41) is 9.33. The van der Waals surface area contributed by atoms with Crippen molar-refractivity contribution in [3.05, 3.63) is 42.5 Å². The molecule has 1 aromatic rings. The Kier molecular flexibility index (Phi) is 7.57. The van der Waals surface area contributed by atoms with Crippen molar-refractivity contribution >= 4 is 10.0 Å². The summed E-state index contributed by atoms with van der Waals surface area (Å²) in [6.07, 6.45) is 7.04. The fourth-order valence-corrected chi connectivity index (χ4v) is 3.01. The van der Waals surface area contributed by atoms with Gasteiger partial charge in [0, 0.05) is 6.42 Å². The topological polar surface area (TPSA) is 57.6 Å². The molecule has 0 aromatic heterocycles. The van der Waals surface area contributed by atoms with Crippen molar-refractivity contribution < 1.29 is 13.5 Å². The van der Waals surface area contributed by atoms with E-state index in [4.69, 9.17) is 6.42 Å². The SMILES string of the molecule is C#CCN(CC#CCCC(O)C=C)S(=O)(=O)c1ccc(C)cc1. The van der Waals surface area contributed by atoms with Crippen molar-refractivity contribution in [3.8, 4) is 24.2 Å². The maximum absolute atomic E-state index is 12.6. The number of benzene rings is 1. The average Bonchev–Trinajstić information content (AvgIpc) is 2.53. The fourth-order valence-electron chi connectivity index (χ4n) is 1.76. The van der Waals surface area contributed by atoms with Gasteiger partial charge in [-0.1, -0.05) is 35.6 Å². The van der Waals surface area contributed by atoms with E-state index in [-0.39, 0.29) is 18.0 Å². The molecule has 1 N–H and O–H groups in total. The lowest BCUT2D eigenvalue weighted by Crippen LogP contribution is -2.31. The van der Waals surface area contributed by atoms with Gasteiger partial charge in [0.15, 0.2) is 0 Å². The van der Waals surface area contributed by atoms with Gasteiger partial charge in [0.25, 0.3) is 0 Å². The van der Waals surface area contributed by atoms with Crippen LogP contribution in [-0.4, -0.2) is 37.0 Å². The Morgan fingerprint density at radius 2 is 1.96 bits per heavy atom. The first-order valence-corrected chi connectivity index (χ1v) is 8.62. The number of sulfonamides is 1. The van der Waals surface area contributed by atoms with Gasteiger partial charge in [-0.2, -0.15) is 4.31 Å². The van der Waals surface area contributed by atoms with Crippen molar-refractivity contribution in [2.75, 3.05) is 13.1 Å². The molecule has 0 fully saturated rings. The Balaban J connectivity index is 2.81. The molecule has 0 radical (unpaired) electrons. The van der Waals surface area contributed by atoms with Gasteiger partial charge >= 0.3 is 0 Å². The van der Waals surface area contributed by atoms with E-state index < -0.39 is 16.1 Å². The largest absolute Gasteiger partial charge is 0.389 e. The van der Waals surface area contributed by atoms with Crippen LogP contribution in [-0.2, 0) is 10.0 Å². The van der Waals surface area contributed by atoms with E-state index in [9.17, 15) is 13.5 Å². The summed E-state index contributed by atoms with van der Waals surface area (Å²) in [4.78, 5) is 0.197. The van der Waals surface area contributed by atoms with E-state index in [1.54, 1.807) is 24.3 Å². The second-order valence-corrected chi connectivity index (χ2v) is 6.92. The monoisotopic (exact) mass is 331 g/mol. The molecule has 0 aliphatic rings. The molecule has 0 aliphatic heterocycles. The van der Waals surface area contributed by atoms with Gasteiger partial charge < -0.3 is 5.11 Å². The quantitative estimate of drug-likeness (QED) is 0.614. The van der Waals surface area contributed by atoms with Gasteiger partial charge in [0.05, 0.1) is 24.1 Å². The first-order valence-electron chi connectivity index (χ1n) is 7.18. The summed E-state index contributed by atoms with van der Waals surface area (Å²) >= 11 is 0. The van der Waals surface area contributed by atoms with Gasteiger partial charge in [-0.15, -0.1) is 18.9 Å². The molecule has 0 bridgehead atoms. The Bertz CT molecular complexity index is 718. The number of aryl methyl sites for hydroxylation is 1. The van der Waals surface area contributed by atoms with Crippen LogP contribution in [0.25, 0.3) is 0 Å². The summed E-state index contributed by atoms with van der Waals surface area (Å²) in [6.45, 7) is 5.34. The van der Waals surface area contributed by atoms with Gasteiger partial charge in [-0.3, -0.25) is 0 Å². The maximum Gasteiger partial charge on any atom is 0.244 e. The zero-order chi connectivity index (χ0) is 17.3. The first kappa shape index (κ1) is 19.0. The van der Waals surface area contributed by atoms with Crippen LogP contribution in [0, 0.1) is 31.1 Å². The van der Waals surface area contributed by atoms with E-state index in [0.29, 0.717) is 12.8 Å². The van der Waals surface area contributed by atoms with Crippen molar-refractivity contribution in [2.24, 2.45) is 0 Å². The Labute approximate surface area is 138 Å². The standard InChI is InChI=1S/C18H21NO3S/c1-4-14-19(15-8-6-7-9-17(20)5-2)23(21,22)18-12-10-16(3)11-13-18/h1,5,10-13,17,20H,2,7,9,14-15H2,3H3. The number of hydrogen-bond donors (Lipinski definition) is 1. The molecule has 0 saturated carbocycles. The highest BCUT2D eigenvalue weighted by Crippen LogP contribution is 2.15. The maximum atomic E-state index is 12.6. The molecular formula is C18H21NO3S. The van der Waals surface area contributed by atoms with Crippen LogP contribution < -0.4 is 0 Å². The third kappa shape index (κ3) is 5.92. The summed E-state index contributed by atoms with van der Waals surface area (Å²) in [6, 6.07) is 6.59. The molecule has 122 valence electrons. The van der Waals surface area contributed by atoms with Crippen LogP contribution in [0.4, 0.5) is 0 Å². The predicted molar refractivity (Wildman–Crippen MR) is 92.0 cm³/mol. The molecule has 1 rings (SSSR count). The number of hydrogen-bond acceptors (Lipinski definition) is 3. The minimum Gasteiger partial charge on any atom is -0.389 e. The van der Waals surface area contributed by atoms with Gasteiger partial charge in [-0.25, -0.2) is 8.42 Å². The molecule has 1 unspecified atom stereocenters. The van der Waals surface area contributed by atoms with Crippen molar-refractivity contribution in [1.82, 2.24) is 4.31 Å². The number of aliphatic hydroxyl groups excluding tert-OH is 1. The molecule has 0 amide bonds. The minimum atomic E-state index is -3.67. The molecule has 0 saturated heterocycles. The lowest BCUT2D eigenvalue weighted by atomic mass is 10.2. The molecular weight excluding hydrogens is 310 g/mol. The number of nitrogens with zero attached hydrogens (tertiary/aromatic N) is 1. The highest BCUT2D eigenvalue weighted by Gasteiger charge is 2.22. The molecule has 0 heterocycles. The predicted octanol–water partition coefficient (Wildman–Crippen LogP) is 1.95. The molecule has 5 heteroatoms. The van der Waals surface area contributed by atoms with Crippen molar-refractivity contribution in [1.29, 1.82) is 0 Å². The smallest absolute Gasteiger partial charge is 0.244 e.